The van der Waals surface area contributed by atoms with Gasteiger partial charge in [-0.2, -0.15) is 0 Å². The summed E-state index contributed by atoms with van der Waals surface area (Å²) in [5.74, 6) is -0.599. The fraction of sp³-hybridized carbons (Fsp3) is 0.350. The van der Waals surface area contributed by atoms with Crippen LogP contribution >= 0.6 is 11.9 Å². The van der Waals surface area contributed by atoms with Gasteiger partial charge < -0.3 is 13.9 Å². The molecule has 0 bridgehead atoms. The minimum absolute atomic E-state index is 0.226. The van der Waals surface area contributed by atoms with Gasteiger partial charge >= 0.3 is 5.76 Å². The van der Waals surface area contributed by atoms with Crippen LogP contribution < -0.4 is 10.5 Å². The number of halogens is 1. The lowest BCUT2D eigenvalue weighted by molar-refractivity contribution is 0.0343. The van der Waals surface area contributed by atoms with Gasteiger partial charge in [-0.15, -0.1) is 0 Å². The van der Waals surface area contributed by atoms with Crippen molar-refractivity contribution < 1.29 is 13.5 Å². The predicted molar refractivity (Wildman–Crippen MR) is 108 cm³/mol. The smallest absolute Gasteiger partial charge is 0.408 e. The van der Waals surface area contributed by atoms with E-state index in [1.165, 1.54) is 18.0 Å². The van der Waals surface area contributed by atoms with Gasteiger partial charge in [0.1, 0.15) is 5.82 Å². The van der Waals surface area contributed by atoms with E-state index >= 15 is 0 Å². The standard InChI is InChI=1S/C20H22FN3O3S/c1-13-9-15(3-4-17(13)21)22-28-16-10-14(12-24-5-7-26-8-6-24)19-18(11-16)27-20(25)23(19)2/h3-4,9-11,22H,5-8,12H2,1-2H3. The number of nitrogens with zero attached hydrogens (tertiary/aromatic N) is 2. The maximum atomic E-state index is 13.5. The predicted octanol–water partition coefficient (Wildman–Crippen LogP) is 3.53. The molecule has 6 nitrogen and oxygen atoms in total. The maximum Gasteiger partial charge on any atom is 0.419 e. The van der Waals surface area contributed by atoms with Crippen LogP contribution in [0.3, 0.4) is 0 Å². The average molecular weight is 403 g/mol. The fourth-order valence-corrected chi connectivity index (χ4v) is 4.09. The van der Waals surface area contributed by atoms with Gasteiger partial charge in [0, 0.05) is 37.3 Å². The second-order valence-electron chi connectivity index (χ2n) is 6.91. The molecular formula is C20H22FN3O3S. The number of ether oxygens (including phenoxy) is 1. The minimum atomic E-state index is -0.373. The molecule has 2 heterocycles. The van der Waals surface area contributed by atoms with Gasteiger partial charge in [-0.05, 0) is 60.3 Å². The monoisotopic (exact) mass is 403 g/mol. The average Bonchev–Trinajstić information content (AvgIpc) is 2.97. The van der Waals surface area contributed by atoms with E-state index in [-0.39, 0.29) is 11.6 Å². The molecule has 0 amide bonds. The minimum Gasteiger partial charge on any atom is -0.408 e. The summed E-state index contributed by atoms with van der Waals surface area (Å²) < 4.78 is 29.1. The third kappa shape index (κ3) is 3.94. The number of hydrogen-bond donors (Lipinski definition) is 1. The summed E-state index contributed by atoms with van der Waals surface area (Å²) >= 11 is 1.41. The molecule has 8 heteroatoms. The highest BCUT2D eigenvalue weighted by Crippen LogP contribution is 2.29. The first-order valence-electron chi connectivity index (χ1n) is 9.13. The Bertz CT molecular complexity index is 1060. The molecule has 1 aromatic heterocycles. The lowest BCUT2D eigenvalue weighted by Crippen LogP contribution is -2.35. The Morgan fingerprint density at radius 3 is 2.75 bits per heavy atom. The number of anilines is 1. The zero-order valence-corrected chi connectivity index (χ0v) is 16.6. The maximum absolute atomic E-state index is 13.5. The molecule has 0 saturated carbocycles. The van der Waals surface area contributed by atoms with E-state index in [0.717, 1.165) is 41.3 Å². The number of nitrogens with one attached hydrogen (secondary N) is 1. The Hall–Kier alpha value is -2.29. The van der Waals surface area contributed by atoms with Gasteiger partial charge in [-0.3, -0.25) is 9.47 Å². The molecule has 0 atom stereocenters. The number of fused-ring (bicyclic) bond motifs is 1. The van der Waals surface area contributed by atoms with Gasteiger partial charge in [-0.1, -0.05) is 0 Å². The summed E-state index contributed by atoms with van der Waals surface area (Å²) in [6.45, 7) is 5.60. The molecule has 3 aromatic rings. The van der Waals surface area contributed by atoms with Crippen LogP contribution in [-0.4, -0.2) is 35.8 Å². The van der Waals surface area contributed by atoms with Crippen LogP contribution in [0.15, 0.2) is 44.4 Å². The van der Waals surface area contributed by atoms with Crippen molar-refractivity contribution in [3.8, 4) is 0 Å². The second-order valence-corrected chi connectivity index (χ2v) is 7.79. The van der Waals surface area contributed by atoms with Crippen LogP contribution in [-0.2, 0) is 18.3 Å². The highest BCUT2D eigenvalue weighted by Gasteiger charge is 2.17. The zero-order chi connectivity index (χ0) is 19.7. The largest absolute Gasteiger partial charge is 0.419 e. The summed E-state index contributed by atoms with van der Waals surface area (Å²) in [4.78, 5) is 15.3. The topological polar surface area (TPSA) is 59.6 Å². The lowest BCUT2D eigenvalue weighted by Gasteiger charge is -2.27. The number of morpholine rings is 1. The molecule has 1 saturated heterocycles. The summed E-state index contributed by atoms with van der Waals surface area (Å²) in [6, 6.07) is 8.83. The van der Waals surface area contributed by atoms with E-state index < -0.39 is 0 Å². The molecule has 1 fully saturated rings. The van der Waals surface area contributed by atoms with Crippen molar-refractivity contribution in [2.75, 3.05) is 31.0 Å². The Balaban J connectivity index is 1.62. The van der Waals surface area contributed by atoms with Crippen LogP contribution in [0.5, 0.6) is 0 Å². The second kappa shape index (κ2) is 7.98. The number of aromatic nitrogens is 1. The van der Waals surface area contributed by atoms with Crippen molar-refractivity contribution in [1.29, 1.82) is 0 Å². The highest BCUT2D eigenvalue weighted by atomic mass is 32.2. The molecule has 1 N–H and O–H groups in total. The van der Waals surface area contributed by atoms with Gasteiger partial charge in [0.25, 0.3) is 0 Å². The van der Waals surface area contributed by atoms with Crippen molar-refractivity contribution >= 4 is 28.7 Å². The molecule has 28 heavy (non-hydrogen) atoms. The van der Waals surface area contributed by atoms with E-state index in [2.05, 4.69) is 15.7 Å². The van der Waals surface area contributed by atoms with Crippen molar-refractivity contribution in [2.24, 2.45) is 7.05 Å². The summed E-state index contributed by atoms with van der Waals surface area (Å²) in [6.07, 6.45) is 0. The van der Waals surface area contributed by atoms with Crippen LogP contribution in [0.4, 0.5) is 10.1 Å². The first-order chi connectivity index (χ1) is 13.5. The quantitative estimate of drug-likeness (QED) is 0.658. The van der Waals surface area contributed by atoms with E-state index in [1.807, 2.05) is 6.07 Å². The molecule has 0 radical (unpaired) electrons. The highest BCUT2D eigenvalue weighted by molar-refractivity contribution is 8.00. The number of aryl methyl sites for hydroxylation is 2. The molecule has 0 spiro atoms. The molecule has 0 aliphatic carbocycles. The number of benzene rings is 2. The molecule has 2 aromatic carbocycles. The van der Waals surface area contributed by atoms with Gasteiger partial charge in [-0.25, -0.2) is 9.18 Å². The van der Waals surface area contributed by atoms with Crippen molar-refractivity contribution in [3.63, 3.8) is 0 Å². The molecule has 0 unspecified atom stereocenters. The first kappa shape index (κ1) is 19.0. The Labute approximate surface area is 166 Å². The van der Waals surface area contributed by atoms with E-state index in [1.54, 1.807) is 30.7 Å². The van der Waals surface area contributed by atoms with E-state index in [0.29, 0.717) is 24.4 Å². The Morgan fingerprint density at radius 2 is 2.00 bits per heavy atom. The van der Waals surface area contributed by atoms with Crippen LogP contribution in [0.25, 0.3) is 11.1 Å². The number of hydrogen-bond acceptors (Lipinski definition) is 6. The van der Waals surface area contributed by atoms with Crippen molar-refractivity contribution in [2.45, 2.75) is 18.4 Å². The summed E-state index contributed by atoms with van der Waals surface area (Å²) in [5, 5.41) is 0. The Morgan fingerprint density at radius 1 is 1.21 bits per heavy atom. The SMILES string of the molecule is Cc1cc(NSc2cc(CN3CCOCC3)c3c(c2)oc(=O)n3C)ccc1F. The molecular weight excluding hydrogens is 381 g/mol. The van der Waals surface area contributed by atoms with Crippen LogP contribution in [0, 0.1) is 12.7 Å². The Kier molecular flexibility index (Phi) is 5.43. The third-order valence-corrected chi connectivity index (χ3v) is 5.69. The van der Waals surface area contributed by atoms with Gasteiger partial charge in [0.15, 0.2) is 5.58 Å². The van der Waals surface area contributed by atoms with Crippen LogP contribution in [0.1, 0.15) is 11.1 Å². The fourth-order valence-electron chi connectivity index (χ4n) is 3.36. The number of oxazole rings is 1. The molecule has 1 aliphatic rings. The summed E-state index contributed by atoms with van der Waals surface area (Å²) in [7, 11) is 1.73. The van der Waals surface area contributed by atoms with Crippen LogP contribution in [0.2, 0.25) is 0 Å². The third-order valence-electron chi connectivity index (χ3n) is 4.88. The number of rotatable bonds is 5. The van der Waals surface area contributed by atoms with Gasteiger partial charge in [0.2, 0.25) is 0 Å². The molecule has 4 rings (SSSR count). The molecule has 1 aliphatic heterocycles. The van der Waals surface area contributed by atoms with Crippen molar-refractivity contribution in [3.05, 3.63) is 57.8 Å². The first-order valence-corrected chi connectivity index (χ1v) is 9.94. The van der Waals surface area contributed by atoms with E-state index in [9.17, 15) is 9.18 Å². The zero-order valence-electron chi connectivity index (χ0n) is 15.8. The van der Waals surface area contributed by atoms with Gasteiger partial charge in [0.05, 0.1) is 18.7 Å². The van der Waals surface area contributed by atoms with Crippen molar-refractivity contribution in [1.82, 2.24) is 9.47 Å². The van der Waals surface area contributed by atoms with E-state index in [4.69, 9.17) is 9.15 Å². The lowest BCUT2D eigenvalue weighted by atomic mass is 10.1. The normalized spacial score (nSPS) is 15.2. The summed E-state index contributed by atoms with van der Waals surface area (Å²) in [5.41, 5.74) is 3.82. The molecule has 148 valence electrons.